The number of hydrogen-bond acceptors (Lipinski definition) is 4. The Labute approximate surface area is 114 Å². The lowest BCUT2D eigenvalue weighted by Crippen LogP contribution is -2.35. The first-order valence-corrected chi connectivity index (χ1v) is 6.59. The minimum atomic E-state index is -0.196. The first-order valence-electron chi connectivity index (χ1n) is 5.39. The second-order valence-electron chi connectivity index (χ2n) is 3.72. The number of benzene rings is 1. The van der Waals surface area contributed by atoms with Crippen LogP contribution in [-0.2, 0) is 9.59 Å². The molecule has 1 aromatic carbocycles. The summed E-state index contributed by atoms with van der Waals surface area (Å²) in [5, 5.41) is 0.973. The Balaban J connectivity index is 2.37. The quantitative estimate of drug-likeness (QED) is 0.796. The van der Waals surface area contributed by atoms with Crippen molar-refractivity contribution in [3.05, 3.63) is 29.3 Å². The smallest absolute Gasteiger partial charge is 0.230 e. The van der Waals surface area contributed by atoms with Gasteiger partial charge in [0, 0.05) is 24.9 Å². The van der Waals surface area contributed by atoms with Gasteiger partial charge in [0.25, 0.3) is 0 Å². The van der Waals surface area contributed by atoms with E-state index in [0.29, 0.717) is 28.8 Å². The highest BCUT2D eigenvalue weighted by atomic mass is 35.5. The number of nitrogens with zero attached hydrogens (tertiary/aromatic N) is 2. The first-order chi connectivity index (χ1) is 8.58. The van der Waals surface area contributed by atoms with Crippen LogP contribution < -0.4 is 4.90 Å². The number of hydrogen-bond donors (Lipinski definition) is 0. The maximum absolute atomic E-state index is 11.7. The zero-order valence-electron chi connectivity index (χ0n) is 9.72. The molecule has 0 bridgehead atoms. The van der Waals surface area contributed by atoms with E-state index in [1.165, 1.54) is 11.8 Å². The van der Waals surface area contributed by atoms with Gasteiger partial charge < -0.3 is 0 Å². The summed E-state index contributed by atoms with van der Waals surface area (Å²) in [6.07, 6.45) is 0.412. The van der Waals surface area contributed by atoms with Crippen molar-refractivity contribution in [3.63, 3.8) is 0 Å². The standard InChI is InChI=1S/C12H11ClN2O2S/c1-8(16)15(10-4-2-3-9(13)7-10)12-14-6-5-11(17)18-12/h2-4,7H,5-6H2,1H3. The Hall–Kier alpha value is -1.33. The third-order valence-corrected chi connectivity index (χ3v) is 3.50. The van der Waals surface area contributed by atoms with Gasteiger partial charge in [0.1, 0.15) is 0 Å². The number of carbonyl (C=O) groups is 2. The van der Waals surface area contributed by atoms with E-state index >= 15 is 0 Å². The van der Waals surface area contributed by atoms with Crippen LogP contribution in [0.1, 0.15) is 13.3 Å². The Morgan fingerprint density at radius 1 is 1.50 bits per heavy atom. The molecule has 6 heteroatoms. The van der Waals surface area contributed by atoms with Crippen molar-refractivity contribution >= 4 is 45.2 Å². The highest BCUT2D eigenvalue weighted by molar-refractivity contribution is 8.26. The molecule has 1 heterocycles. The zero-order valence-corrected chi connectivity index (χ0v) is 11.3. The Morgan fingerprint density at radius 3 is 2.89 bits per heavy atom. The summed E-state index contributed by atoms with van der Waals surface area (Å²) < 4.78 is 0. The molecule has 1 aromatic rings. The van der Waals surface area contributed by atoms with E-state index in [0.717, 1.165) is 11.8 Å². The Bertz CT molecular complexity index is 531. The summed E-state index contributed by atoms with van der Waals surface area (Å²) in [4.78, 5) is 28.8. The predicted octanol–water partition coefficient (Wildman–Crippen LogP) is 2.71. The van der Waals surface area contributed by atoms with Crippen molar-refractivity contribution in [1.82, 2.24) is 0 Å². The van der Waals surface area contributed by atoms with Crippen LogP contribution in [0.5, 0.6) is 0 Å². The van der Waals surface area contributed by atoms with Crippen molar-refractivity contribution in [3.8, 4) is 0 Å². The van der Waals surface area contributed by atoms with Gasteiger partial charge >= 0.3 is 0 Å². The van der Waals surface area contributed by atoms with E-state index < -0.39 is 0 Å². The molecular weight excluding hydrogens is 272 g/mol. The molecule has 0 atom stereocenters. The highest BCUT2D eigenvalue weighted by Crippen LogP contribution is 2.25. The van der Waals surface area contributed by atoms with Gasteiger partial charge in [-0.05, 0) is 30.0 Å². The van der Waals surface area contributed by atoms with Gasteiger partial charge in [-0.3, -0.25) is 19.5 Å². The van der Waals surface area contributed by atoms with Crippen LogP contribution in [0.25, 0.3) is 0 Å². The third-order valence-electron chi connectivity index (χ3n) is 2.34. The maximum Gasteiger partial charge on any atom is 0.230 e. The van der Waals surface area contributed by atoms with E-state index in [1.807, 2.05) is 0 Å². The fourth-order valence-corrected chi connectivity index (χ4v) is 2.65. The molecule has 0 fully saturated rings. The molecule has 1 aliphatic heterocycles. The maximum atomic E-state index is 11.7. The molecule has 0 aliphatic carbocycles. The summed E-state index contributed by atoms with van der Waals surface area (Å²) in [5.41, 5.74) is 0.621. The van der Waals surface area contributed by atoms with Gasteiger partial charge in [0.05, 0.1) is 5.69 Å². The number of anilines is 1. The lowest BCUT2D eigenvalue weighted by Gasteiger charge is -2.23. The molecule has 1 amide bonds. The number of thioether (sulfide) groups is 1. The molecule has 0 radical (unpaired) electrons. The molecule has 0 spiro atoms. The third kappa shape index (κ3) is 2.91. The summed E-state index contributed by atoms with van der Waals surface area (Å²) in [7, 11) is 0. The van der Waals surface area contributed by atoms with E-state index in [-0.39, 0.29) is 11.0 Å². The molecule has 1 aliphatic rings. The van der Waals surface area contributed by atoms with Crippen LogP contribution in [0.15, 0.2) is 29.3 Å². The van der Waals surface area contributed by atoms with Crippen molar-refractivity contribution < 1.29 is 9.59 Å². The van der Waals surface area contributed by atoms with E-state index in [9.17, 15) is 9.59 Å². The van der Waals surface area contributed by atoms with Gasteiger partial charge in [-0.15, -0.1) is 0 Å². The average Bonchev–Trinajstić information content (AvgIpc) is 2.28. The predicted molar refractivity (Wildman–Crippen MR) is 74.1 cm³/mol. The van der Waals surface area contributed by atoms with Gasteiger partial charge in [-0.25, -0.2) is 0 Å². The van der Waals surface area contributed by atoms with Gasteiger partial charge in [0.2, 0.25) is 5.91 Å². The Morgan fingerprint density at radius 2 is 2.28 bits per heavy atom. The minimum absolute atomic E-state index is 0.0216. The number of amides is 1. The van der Waals surface area contributed by atoms with Crippen molar-refractivity contribution in [1.29, 1.82) is 0 Å². The van der Waals surface area contributed by atoms with Crippen LogP contribution in [0.4, 0.5) is 5.69 Å². The van der Waals surface area contributed by atoms with Gasteiger partial charge in [0.15, 0.2) is 10.3 Å². The van der Waals surface area contributed by atoms with E-state index in [1.54, 1.807) is 24.3 Å². The molecule has 0 saturated carbocycles. The van der Waals surface area contributed by atoms with Crippen LogP contribution in [0, 0.1) is 0 Å². The fraction of sp³-hybridized carbons (Fsp3) is 0.250. The second-order valence-corrected chi connectivity index (χ2v) is 5.18. The first kappa shape index (κ1) is 13.1. The Kier molecular flexibility index (Phi) is 4.04. The fourth-order valence-electron chi connectivity index (χ4n) is 1.59. The summed E-state index contributed by atoms with van der Waals surface area (Å²) >= 11 is 6.91. The lowest BCUT2D eigenvalue weighted by atomic mass is 10.3. The van der Waals surface area contributed by atoms with Crippen LogP contribution in [0.2, 0.25) is 5.02 Å². The average molecular weight is 283 g/mol. The monoisotopic (exact) mass is 282 g/mol. The normalized spacial score (nSPS) is 15.2. The van der Waals surface area contributed by atoms with Gasteiger partial charge in [-0.2, -0.15) is 0 Å². The SMILES string of the molecule is CC(=O)N(C1=NCCC(=O)S1)c1cccc(Cl)c1. The summed E-state index contributed by atoms with van der Waals surface area (Å²) in [6, 6.07) is 6.91. The van der Waals surface area contributed by atoms with Crippen molar-refractivity contribution in [2.45, 2.75) is 13.3 Å². The number of aliphatic imine (C=N–C) groups is 1. The molecular formula is C12H11ClN2O2S. The molecule has 2 rings (SSSR count). The van der Waals surface area contributed by atoms with E-state index in [4.69, 9.17) is 11.6 Å². The molecule has 18 heavy (non-hydrogen) atoms. The zero-order chi connectivity index (χ0) is 13.1. The molecule has 0 aromatic heterocycles. The second kappa shape index (κ2) is 5.54. The number of carbonyl (C=O) groups excluding carboxylic acids is 2. The number of rotatable bonds is 1. The minimum Gasteiger partial charge on any atom is -0.287 e. The van der Waals surface area contributed by atoms with Crippen molar-refractivity contribution in [2.24, 2.45) is 4.99 Å². The van der Waals surface area contributed by atoms with Crippen LogP contribution >= 0.6 is 23.4 Å². The highest BCUT2D eigenvalue weighted by Gasteiger charge is 2.24. The van der Waals surface area contributed by atoms with Crippen LogP contribution in [0.3, 0.4) is 0 Å². The molecule has 0 unspecified atom stereocenters. The molecule has 0 N–H and O–H groups in total. The molecule has 94 valence electrons. The largest absolute Gasteiger partial charge is 0.287 e. The number of amidine groups is 1. The topological polar surface area (TPSA) is 49.7 Å². The molecule has 4 nitrogen and oxygen atoms in total. The van der Waals surface area contributed by atoms with Gasteiger partial charge in [-0.1, -0.05) is 17.7 Å². The van der Waals surface area contributed by atoms with Crippen molar-refractivity contribution in [2.75, 3.05) is 11.4 Å². The summed E-state index contributed by atoms with van der Waals surface area (Å²) in [6.45, 7) is 1.86. The van der Waals surface area contributed by atoms with Crippen LogP contribution in [-0.4, -0.2) is 22.7 Å². The summed E-state index contributed by atoms with van der Waals surface area (Å²) in [5.74, 6) is -0.196. The molecule has 0 saturated heterocycles. The lowest BCUT2D eigenvalue weighted by molar-refractivity contribution is -0.115. The van der Waals surface area contributed by atoms with E-state index in [2.05, 4.69) is 4.99 Å². The number of halogens is 1.